The van der Waals surface area contributed by atoms with Crippen LogP contribution < -0.4 is 5.73 Å². The number of halogens is 1. The van der Waals surface area contributed by atoms with E-state index in [1.807, 2.05) is 12.1 Å². The van der Waals surface area contributed by atoms with Gasteiger partial charge in [0.15, 0.2) is 0 Å². The lowest BCUT2D eigenvalue weighted by Gasteiger charge is -2.27. The molecule has 0 spiro atoms. The summed E-state index contributed by atoms with van der Waals surface area (Å²) in [6, 6.07) is 9.13. The predicted octanol–water partition coefficient (Wildman–Crippen LogP) is 3.08. The van der Waals surface area contributed by atoms with E-state index in [1.54, 1.807) is 0 Å². The van der Waals surface area contributed by atoms with Crippen molar-refractivity contribution in [2.24, 2.45) is 5.73 Å². The topological polar surface area (TPSA) is 29.3 Å². The summed E-state index contributed by atoms with van der Waals surface area (Å²) in [7, 11) is 2.21. The molecule has 18 heavy (non-hydrogen) atoms. The van der Waals surface area contributed by atoms with Crippen molar-refractivity contribution in [3.8, 4) is 0 Å². The van der Waals surface area contributed by atoms with Gasteiger partial charge in [-0.25, -0.2) is 0 Å². The number of rotatable bonds is 5. The van der Waals surface area contributed by atoms with Crippen LogP contribution >= 0.6 is 11.6 Å². The third kappa shape index (κ3) is 3.71. The lowest BCUT2D eigenvalue weighted by Crippen LogP contribution is -2.42. The average Bonchev–Trinajstić information content (AvgIpc) is 2.78. The Balaban J connectivity index is 1.73. The van der Waals surface area contributed by atoms with Gasteiger partial charge in [-0.3, -0.25) is 0 Å². The van der Waals surface area contributed by atoms with E-state index < -0.39 is 0 Å². The molecule has 0 radical (unpaired) electrons. The molecule has 0 saturated heterocycles. The third-order valence-corrected chi connectivity index (χ3v) is 4.24. The highest BCUT2D eigenvalue weighted by atomic mass is 35.5. The molecule has 0 aromatic heterocycles. The summed E-state index contributed by atoms with van der Waals surface area (Å²) in [5.41, 5.74) is 7.49. The molecule has 100 valence electrons. The maximum atomic E-state index is 6.12. The van der Waals surface area contributed by atoms with Crippen molar-refractivity contribution in [2.45, 2.75) is 44.2 Å². The quantitative estimate of drug-likeness (QED) is 0.888. The molecule has 3 heteroatoms. The van der Waals surface area contributed by atoms with Crippen molar-refractivity contribution >= 4 is 11.6 Å². The van der Waals surface area contributed by atoms with Crippen LogP contribution in [0.4, 0.5) is 0 Å². The minimum atomic E-state index is 0.380. The van der Waals surface area contributed by atoms with Crippen LogP contribution in [0.2, 0.25) is 5.02 Å². The van der Waals surface area contributed by atoms with Crippen molar-refractivity contribution in [3.05, 3.63) is 34.9 Å². The van der Waals surface area contributed by atoms with Crippen LogP contribution in [0.5, 0.6) is 0 Å². The van der Waals surface area contributed by atoms with Crippen molar-refractivity contribution in [1.82, 2.24) is 4.90 Å². The zero-order valence-corrected chi connectivity index (χ0v) is 11.9. The molecule has 1 aromatic rings. The molecular weight excluding hydrogens is 244 g/mol. The van der Waals surface area contributed by atoms with Crippen LogP contribution in [-0.2, 0) is 6.42 Å². The first-order chi connectivity index (χ1) is 8.66. The monoisotopic (exact) mass is 266 g/mol. The molecule has 0 heterocycles. The fourth-order valence-electron chi connectivity index (χ4n) is 2.87. The predicted molar refractivity (Wildman–Crippen MR) is 78.0 cm³/mol. The molecular formula is C15H23ClN2. The molecule has 2 N–H and O–H groups in total. The van der Waals surface area contributed by atoms with Crippen LogP contribution in [-0.4, -0.2) is 30.6 Å². The fourth-order valence-corrected chi connectivity index (χ4v) is 2.99. The van der Waals surface area contributed by atoms with E-state index >= 15 is 0 Å². The Kier molecular flexibility index (Phi) is 5.04. The van der Waals surface area contributed by atoms with Gasteiger partial charge >= 0.3 is 0 Å². The molecule has 0 amide bonds. The Morgan fingerprint density at radius 3 is 2.61 bits per heavy atom. The second kappa shape index (κ2) is 6.55. The molecule has 0 bridgehead atoms. The number of benzene rings is 1. The van der Waals surface area contributed by atoms with Gasteiger partial charge in [0.05, 0.1) is 0 Å². The van der Waals surface area contributed by atoms with E-state index in [1.165, 1.54) is 31.2 Å². The number of nitrogens with two attached hydrogens (primary N) is 1. The molecule has 1 saturated carbocycles. The van der Waals surface area contributed by atoms with E-state index in [0.717, 1.165) is 18.0 Å². The highest BCUT2D eigenvalue weighted by molar-refractivity contribution is 6.30. The van der Waals surface area contributed by atoms with Crippen LogP contribution in [0.3, 0.4) is 0 Å². The minimum absolute atomic E-state index is 0.380. The number of hydrogen-bond donors (Lipinski definition) is 1. The van der Waals surface area contributed by atoms with Gasteiger partial charge in [-0.15, -0.1) is 0 Å². The van der Waals surface area contributed by atoms with Gasteiger partial charge in [-0.2, -0.15) is 0 Å². The summed E-state index contributed by atoms with van der Waals surface area (Å²) in [5, 5.41) is 0.813. The van der Waals surface area contributed by atoms with Gasteiger partial charge in [0.1, 0.15) is 0 Å². The molecule has 1 aromatic carbocycles. The SMILES string of the molecule is CN(CCCc1ccc(Cl)cc1)[C@@H]1CCC[C@H]1N. The van der Waals surface area contributed by atoms with E-state index in [2.05, 4.69) is 24.1 Å². The summed E-state index contributed by atoms with van der Waals surface area (Å²) in [6.45, 7) is 1.13. The number of likely N-dealkylation sites (N-methyl/N-ethyl adjacent to an activating group) is 1. The molecule has 0 aliphatic heterocycles. The lowest BCUT2D eigenvalue weighted by atomic mass is 10.1. The summed E-state index contributed by atoms with van der Waals surface area (Å²) in [5.74, 6) is 0. The smallest absolute Gasteiger partial charge is 0.0406 e. The second-order valence-electron chi connectivity index (χ2n) is 5.37. The maximum Gasteiger partial charge on any atom is 0.0406 e. The average molecular weight is 267 g/mol. The lowest BCUT2D eigenvalue weighted by molar-refractivity contribution is 0.226. The number of nitrogens with zero attached hydrogens (tertiary/aromatic N) is 1. The van der Waals surface area contributed by atoms with Crippen molar-refractivity contribution in [1.29, 1.82) is 0 Å². The normalized spacial score (nSPS) is 23.8. The summed E-state index contributed by atoms with van der Waals surface area (Å²) >= 11 is 5.88. The Morgan fingerprint density at radius 1 is 1.28 bits per heavy atom. The Labute approximate surface area is 115 Å². The summed E-state index contributed by atoms with van der Waals surface area (Å²) < 4.78 is 0. The van der Waals surface area contributed by atoms with Crippen LogP contribution in [0.15, 0.2) is 24.3 Å². The summed E-state index contributed by atoms with van der Waals surface area (Å²) in [4.78, 5) is 2.44. The molecule has 2 rings (SSSR count). The fraction of sp³-hybridized carbons (Fsp3) is 0.600. The first-order valence-electron chi connectivity index (χ1n) is 6.87. The van der Waals surface area contributed by atoms with Crippen LogP contribution in [0.1, 0.15) is 31.2 Å². The van der Waals surface area contributed by atoms with Crippen LogP contribution in [0, 0.1) is 0 Å². The van der Waals surface area contributed by atoms with Gasteiger partial charge in [-0.1, -0.05) is 30.2 Å². The third-order valence-electron chi connectivity index (χ3n) is 3.99. The highest BCUT2D eigenvalue weighted by Crippen LogP contribution is 2.22. The standard InChI is InChI=1S/C15H23ClN2/c1-18(15-6-2-5-14(15)17)11-3-4-12-7-9-13(16)10-8-12/h7-10,14-15H,2-6,11,17H2,1H3/t14-,15-/m1/s1. The Hall–Kier alpha value is -0.570. The van der Waals surface area contributed by atoms with Gasteiger partial charge in [-0.05, 0) is 57.0 Å². The van der Waals surface area contributed by atoms with Crippen molar-refractivity contribution < 1.29 is 0 Å². The largest absolute Gasteiger partial charge is 0.326 e. The maximum absolute atomic E-state index is 6.12. The van der Waals surface area contributed by atoms with Gasteiger partial charge in [0.2, 0.25) is 0 Å². The summed E-state index contributed by atoms with van der Waals surface area (Å²) in [6.07, 6.45) is 6.03. The molecule has 1 aliphatic carbocycles. The van der Waals surface area contributed by atoms with Crippen LogP contribution in [0.25, 0.3) is 0 Å². The van der Waals surface area contributed by atoms with Crippen molar-refractivity contribution in [2.75, 3.05) is 13.6 Å². The van der Waals surface area contributed by atoms with E-state index in [4.69, 9.17) is 17.3 Å². The van der Waals surface area contributed by atoms with Crippen molar-refractivity contribution in [3.63, 3.8) is 0 Å². The number of aryl methyl sites for hydroxylation is 1. The minimum Gasteiger partial charge on any atom is -0.326 e. The molecule has 1 fully saturated rings. The van der Waals surface area contributed by atoms with Gasteiger partial charge in [0.25, 0.3) is 0 Å². The number of hydrogen-bond acceptors (Lipinski definition) is 2. The van der Waals surface area contributed by atoms with Gasteiger partial charge in [0, 0.05) is 17.1 Å². The van der Waals surface area contributed by atoms with E-state index in [0.29, 0.717) is 12.1 Å². The van der Waals surface area contributed by atoms with E-state index in [-0.39, 0.29) is 0 Å². The highest BCUT2D eigenvalue weighted by Gasteiger charge is 2.26. The zero-order chi connectivity index (χ0) is 13.0. The van der Waals surface area contributed by atoms with Gasteiger partial charge < -0.3 is 10.6 Å². The Morgan fingerprint density at radius 2 is 2.00 bits per heavy atom. The van der Waals surface area contributed by atoms with E-state index in [9.17, 15) is 0 Å². The molecule has 0 unspecified atom stereocenters. The molecule has 1 aliphatic rings. The second-order valence-corrected chi connectivity index (χ2v) is 5.81. The molecule has 2 atom stereocenters. The first-order valence-corrected chi connectivity index (χ1v) is 7.25. The molecule has 2 nitrogen and oxygen atoms in total. The first kappa shape index (κ1) is 13.9. The Bertz CT molecular complexity index is 363. The zero-order valence-electron chi connectivity index (χ0n) is 11.1.